The zero-order valence-electron chi connectivity index (χ0n) is 15.8. The molecule has 2 aliphatic heterocycles. The van der Waals surface area contributed by atoms with Crippen LogP contribution in [0.3, 0.4) is 0 Å². The van der Waals surface area contributed by atoms with Crippen LogP contribution in [0.5, 0.6) is 0 Å². The van der Waals surface area contributed by atoms with Gasteiger partial charge < -0.3 is 15.1 Å². The summed E-state index contributed by atoms with van der Waals surface area (Å²) in [4.78, 5) is 28.6. The Morgan fingerprint density at radius 3 is 2.29 bits per heavy atom. The van der Waals surface area contributed by atoms with Crippen LogP contribution in [0.2, 0.25) is 0 Å². The number of likely N-dealkylation sites (tertiary alicyclic amines) is 2. The summed E-state index contributed by atoms with van der Waals surface area (Å²) in [7, 11) is 0. The van der Waals surface area contributed by atoms with Crippen LogP contribution in [0.4, 0.5) is 18.0 Å². The number of rotatable bonds is 4. The lowest BCUT2D eigenvalue weighted by Gasteiger charge is -2.34. The number of carbonyl (C=O) groups excluding carboxylic acids is 2. The highest BCUT2D eigenvalue weighted by atomic mass is 19.4. The molecule has 2 heterocycles. The highest BCUT2D eigenvalue weighted by Crippen LogP contribution is 2.29. The van der Waals surface area contributed by atoms with E-state index in [9.17, 15) is 22.8 Å². The van der Waals surface area contributed by atoms with Crippen molar-refractivity contribution in [1.29, 1.82) is 0 Å². The lowest BCUT2D eigenvalue weighted by molar-refractivity contribution is -0.137. The normalized spacial score (nSPS) is 20.3. The highest BCUT2D eigenvalue weighted by Gasteiger charge is 2.32. The maximum Gasteiger partial charge on any atom is 0.416 e. The molecule has 0 aromatic heterocycles. The van der Waals surface area contributed by atoms with E-state index in [1.165, 1.54) is 12.1 Å². The van der Waals surface area contributed by atoms with Gasteiger partial charge in [-0.2, -0.15) is 13.2 Å². The Balaban J connectivity index is 1.44. The molecule has 1 unspecified atom stereocenters. The topological polar surface area (TPSA) is 52.7 Å². The van der Waals surface area contributed by atoms with Gasteiger partial charge in [-0.25, -0.2) is 4.79 Å². The van der Waals surface area contributed by atoms with E-state index in [1.807, 2.05) is 4.90 Å². The smallest absolute Gasteiger partial charge is 0.355 e. The fourth-order valence-electron chi connectivity index (χ4n) is 3.81. The van der Waals surface area contributed by atoms with Crippen LogP contribution < -0.4 is 5.32 Å². The molecular formula is C20H26F3N3O2. The number of hydrogen-bond acceptors (Lipinski definition) is 2. The SMILES string of the molecule is O=C(NCCc1ccc(C(F)(F)F)cc1)C1CCCN(C(=O)N2CCCC2)C1. The summed E-state index contributed by atoms with van der Waals surface area (Å²) in [5, 5.41) is 2.86. The molecule has 28 heavy (non-hydrogen) atoms. The van der Waals surface area contributed by atoms with Crippen LogP contribution in [0.15, 0.2) is 24.3 Å². The summed E-state index contributed by atoms with van der Waals surface area (Å²) in [6.45, 7) is 3.06. The molecule has 0 aliphatic carbocycles. The fourth-order valence-corrected chi connectivity index (χ4v) is 3.81. The predicted molar refractivity (Wildman–Crippen MR) is 98.7 cm³/mol. The van der Waals surface area contributed by atoms with Gasteiger partial charge in [-0.3, -0.25) is 4.79 Å². The number of carbonyl (C=O) groups is 2. The number of urea groups is 1. The first kappa shape index (κ1) is 20.5. The van der Waals surface area contributed by atoms with Crippen LogP contribution in [-0.2, 0) is 17.4 Å². The summed E-state index contributed by atoms with van der Waals surface area (Å²) in [6.07, 6.45) is -0.257. The molecule has 2 aliphatic rings. The molecule has 1 aromatic carbocycles. The van der Waals surface area contributed by atoms with Gasteiger partial charge >= 0.3 is 12.2 Å². The van der Waals surface area contributed by atoms with Crippen molar-refractivity contribution < 1.29 is 22.8 Å². The molecule has 154 valence electrons. The second-order valence-corrected chi connectivity index (χ2v) is 7.50. The first-order valence-electron chi connectivity index (χ1n) is 9.82. The lowest BCUT2D eigenvalue weighted by atomic mass is 9.97. The first-order valence-corrected chi connectivity index (χ1v) is 9.82. The van der Waals surface area contributed by atoms with Gasteiger partial charge in [0.15, 0.2) is 0 Å². The number of nitrogens with zero attached hydrogens (tertiary/aromatic N) is 2. The van der Waals surface area contributed by atoms with Gasteiger partial charge in [0.25, 0.3) is 0 Å². The monoisotopic (exact) mass is 397 g/mol. The fraction of sp³-hybridized carbons (Fsp3) is 0.600. The largest absolute Gasteiger partial charge is 0.416 e. The Labute approximate surface area is 162 Å². The third kappa shape index (κ3) is 5.17. The standard InChI is InChI=1S/C20H26F3N3O2/c21-20(22,23)17-7-5-15(6-8-17)9-10-24-18(27)16-4-3-13-26(14-16)19(28)25-11-1-2-12-25/h5-8,16H,1-4,9-14H2,(H,24,27). The van der Waals surface area contributed by atoms with Crippen molar-refractivity contribution >= 4 is 11.9 Å². The molecule has 1 N–H and O–H groups in total. The zero-order chi connectivity index (χ0) is 20.1. The highest BCUT2D eigenvalue weighted by molar-refractivity contribution is 5.81. The molecule has 2 fully saturated rings. The van der Waals surface area contributed by atoms with E-state index >= 15 is 0 Å². The molecule has 3 amide bonds. The molecule has 1 aromatic rings. The van der Waals surface area contributed by atoms with Gasteiger partial charge in [0.05, 0.1) is 11.5 Å². The number of piperidine rings is 1. The molecule has 8 heteroatoms. The van der Waals surface area contributed by atoms with Crippen molar-refractivity contribution in [3.05, 3.63) is 35.4 Å². The summed E-state index contributed by atoms with van der Waals surface area (Å²) in [5.74, 6) is -0.321. The third-order valence-electron chi connectivity index (χ3n) is 5.43. The van der Waals surface area contributed by atoms with Gasteiger partial charge in [-0.1, -0.05) is 12.1 Å². The minimum absolute atomic E-state index is 0.0276. The van der Waals surface area contributed by atoms with Crippen LogP contribution in [-0.4, -0.2) is 54.5 Å². The number of benzene rings is 1. The van der Waals surface area contributed by atoms with Crippen LogP contribution in [0, 0.1) is 5.92 Å². The number of halogens is 3. The van der Waals surface area contributed by atoms with Crippen molar-refractivity contribution in [2.45, 2.75) is 38.3 Å². The molecule has 0 radical (unpaired) electrons. The minimum Gasteiger partial charge on any atom is -0.355 e. The van der Waals surface area contributed by atoms with Crippen LogP contribution in [0.1, 0.15) is 36.8 Å². The molecule has 0 saturated carbocycles. The quantitative estimate of drug-likeness (QED) is 0.848. The van der Waals surface area contributed by atoms with E-state index in [4.69, 9.17) is 0 Å². The van der Waals surface area contributed by atoms with Gasteiger partial charge in [0.1, 0.15) is 0 Å². The molecule has 0 spiro atoms. The maximum absolute atomic E-state index is 12.6. The summed E-state index contributed by atoms with van der Waals surface area (Å²) in [5.41, 5.74) is 0.0630. The van der Waals surface area contributed by atoms with Crippen molar-refractivity contribution in [3.63, 3.8) is 0 Å². The molecule has 0 bridgehead atoms. The van der Waals surface area contributed by atoms with E-state index in [2.05, 4.69) is 5.32 Å². The average Bonchev–Trinajstić information content (AvgIpc) is 3.22. The van der Waals surface area contributed by atoms with E-state index in [0.717, 1.165) is 56.5 Å². The number of amides is 3. The molecule has 2 saturated heterocycles. The summed E-state index contributed by atoms with van der Waals surface area (Å²) < 4.78 is 37.7. The minimum atomic E-state index is -4.34. The van der Waals surface area contributed by atoms with Gasteiger partial charge in [-0.15, -0.1) is 0 Å². The Hall–Kier alpha value is -2.25. The summed E-state index contributed by atoms with van der Waals surface area (Å²) >= 11 is 0. The van der Waals surface area contributed by atoms with Crippen molar-refractivity contribution in [3.8, 4) is 0 Å². The van der Waals surface area contributed by atoms with Crippen molar-refractivity contribution in [2.75, 3.05) is 32.7 Å². The van der Waals surface area contributed by atoms with E-state index < -0.39 is 11.7 Å². The zero-order valence-corrected chi connectivity index (χ0v) is 15.8. The summed E-state index contributed by atoms with van der Waals surface area (Å²) in [6, 6.07) is 5.01. The number of hydrogen-bond donors (Lipinski definition) is 1. The number of nitrogens with one attached hydrogen (secondary N) is 1. The van der Waals surface area contributed by atoms with Crippen molar-refractivity contribution in [2.24, 2.45) is 5.92 Å². The van der Waals surface area contributed by atoms with Crippen LogP contribution >= 0.6 is 0 Å². The first-order chi connectivity index (χ1) is 13.3. The van der Waals surface area contributed by atoms with E-state index in [0.29, 0.717) is 26.1 Å². The Morgan fingerprint density at radius 1 is 1.00 bits per heavy atom. The molecule has 3 rings (SSSR count). The molecule has 5 nitrogen and oxygen atoms in total. The third-order valence-corrected chi connectivity index (χ3v) is 5.43. The number of alkyl halides is 3. The molecule has 1 atom stereocenters. The molecular weight excluding hydrogens is 371 g/mol. The maximum atomic E-state index is 12.6. The Morgan fingerprint density at radius 2 is 1.64 bits per heavy atom. The van der Waals surface area contributed by atoms with Crippen LogP contribution in [0.25, 0.3) is 0 Å². The Kier molecular flexibility index (Phi) is 6.46. The second kappa shape index (κ2) is 8.84. The lowest BCUT2D eigenvalue weighted by Crippen LogP contribution is -2.49. The van der Waals surface area contributed by atoms with E-state index in [-0.39, 0.29) is 17.9 Å². The van der Waals surface area contributed by atoms with Gasteiger partial charge in [0, 0.05) is 32.7 Å². The predicted octanol–water partition coefficient (Wildman–Crippen LogP) is 3.29. The average molecular weight is 397 g/mol. The van der Waals surface area contributed by atoms with Crippen molar-refractivity contribution in [1.82, 2.24) is 15.1 Å². The van der Waals surface area contributed by atoms with Gasteiger partial charge in [-0.05, 0) is 49.8 Å². The van der Waals surface area contributed by atoms with Gasteiger partial charge in [0.2, 0.25) is 5.91 Å². The Bertz CT molecular complexity index is 685. The second-order valence-electron chi connectivity index (χ2n) is 7.50. The van der Waals surface area contributed by atoms with E-state index in [1.54, 1.807) is 4.90 Å².